The third-order valence-corrected chi connectivity index (χ3v) is 4.38. The van der Waals surface area contributed by atoms with Gasteiger partial charge in [-0.2, -0.15) is 10.1 Å². The average Bonchev–Trinajstić information content (AvgIpc) is 2.99. The number of hydrogen-bond acceptors (Lipinski definition) is 6. The fourth-order valence-corrected chi connectivity index (χ4v) is 2.97. The number of benzene rings is 1. The summed E-state index contributed by atoms with van der Waals surface area (Å²) in [4.78, 5) is 30.5. The van der Waals surface area contributed by atoms with Crippen LogP contribution in [0.3, 0.4) is 0 Å². The van der Waals surface area contributed by atoms with Crippen LogP contribution in [0.5, 0.6) is 5.75 Å². The number of H-pyrrole nitrogens is 1. The minimum Gasteiger partial charge on any atom is -0.496 e. The summed E-state index contributed by atoms with van der Waals surface area (Å²) < 4.78 is 9.13. The van der Waals surface area contributed by atoms with Gasteiger partial charge in [0.25, 0.3) is 5.56 Å². The third kappa shape index (κ3) is 3.15. The van der Waals surface area contributed by atoms with Crippen molar-refractivity contribution in [1.82, 2.24) is 19.1 Å². The molecule has 0 aliphatic heterocycles. The van der Waals surface area contributed by atoms with Gasteiger partial charge in [0.05, 0.1) is 13.3 Å². The number of imidazole rings is 1. The quantitative estimate of drug-likeness (QED) is 0.482. The topological polar surface area (TPSA) is 106 Å². The van der Waals surface area contributed by atoms with E-state index < -0.39 is 11.2 Å². The second kappa shape index (κ2) is 7.16. The molecule has 10 heteroatoms. The summed E-state index contributed by atoms with van der Waals surface area (Å²) in [7, 11) is 3.13. The van der Waals surface area contributed by atoms with Crippen molar-refractivity contribution >= 4 is 39.3 Å². The molecule has 1 aromatic carbocycles. The average molecular weight is 421 g/mol. The van der Waals surface area contributed by atoms with E-state index in [0.717, 1.165) is 10.0 Å². The van der Waals surface area contributed by atoms with Gasteiger partial charge in [-0.15, -0.1) is 0 Å². The van der Waals surface area contributed by atoms with E-state index in [9.17, 15) is 9.59 Å². The van der Waals surface area contributed by atoms with Crippen LogP contribution in [0.15, 0.2) is 37.4 Å². The Bertz CT molecular complexity index is 1110. The molecule has 26 heavy (non-hydrogen) atoms. The number of methoxy groups -OCH3 is 1. The van der Waals surface area contributed by atoms with Crippen molar-refractivity contribution in [1.29, 1.82) is 0 Å². The lowest BCUT2D eigenvalue weighted by molar-refractivity contribution is 0.414. The Labute approximate surface area is 156 Å². The fourth-order valence-electron chi connectivity index (χ4n) is 2.59. The molecule has 3 aromatic rings. The number of fused-ring (bicyclic) bond motifs is 1. The van der Waals surface area contributed by atoms with Crippen LogP contribution in [0.25, 0.3) is 11.2 Å². The lowest BCUT2D eigenvalue weighted by Crippen LogP contribution is -2.29. The third-order valence-electron chi connectivity index (χ3n) is 3.88. The van der Waals surface area contributed by atoms with Gasteiger partial charge in [0.2, 0.25) is 5.95 Å². The number of aryl methyl sites for hydroxylation is 2. The first-order valence-corrected chi connectivity index (χ1v) is 8.57. The summed E-state index contributed by atoms with van der Waals surface area (Å²) in [6.07, 6.45) is 1.59. The van der Waals surface area contributed by atoms with Crippen molar-refractivity contribution < 1.29 is 4.74 Å². The van der Waals surface area contributed by atoms with Gasteiger partial charge in [-0.25, -0.2) is 10.2 Å². The first-order valence-electron chi connectivity index (χ1n) is 7.78. The Balaban J connectivity index is 2.01. The second-order valence-electron chi connectivity index (χ2n) is 5.43. The number of hydrogen-bond donors (Lipinski definition) is 2. The van der Waals surface area contributed by atoms with Crippen molar-refractivity contribution in [3.05, 3.63) is 49.1 Å². The van der Waals surface area contributed by atoms with E-state index in [2.05, 4.69) is 36.4 Å². The Morgan fingerprint density at radius 2 is 2.19 bits per heavy atom. The van der Waals surface area contributed by atoms with E-state index in [4.69, 9.17) is 4.74 Å². The highest BCUT2D eigenvalue weighted by Gasteiger charge is 2.15. The molecule has 0 radical (unpaired) electrons. The van der Waals surface area contributed by atoms with Crippen molar-refractivity contribution in [2.75, 3.05) is 12.5 Å². The van der Waals surface area contributed by atoms with E-state index in [1.54, 1.807) is 24.9 Å². The first kappa shape index (κ1) is 17.9. The van der Waals surface area contributed by atoms with Crippen molar-refractivity contribution in [2.24, 2.45) is 12.1 Å². The number of aromatic amines is 1. The predicted octanol–water partition coefficient (Wildman–Crippen LogP) is 1.66. The van der Waals surface area contributed by atoms with Gasteiger partial charge in [0, 0.05) is 23.6 Å². The zero-order valence-electron chi connectivity index (χ0n) is 14.4. The summed E-state index contributed by atoms with van der Waals surface area (Å²) in [5.74, 6) is 1.03. The van der Waals surface area contributed by atoms with Gasteiger partial charge in [0.15, 0.2) is 11.2 Å². The smallest absolute Gasteiger partial charge is 0.329 e. The predicted molar refractivity (Wildman–Crippen MR) is 103 cm³/mol. The fraction of sp³-hybridized carbons (Fsp3) is 0.250. The maximum atomic E-state index is 12.1. The highest BCUT2D eigenvalue weighted by Crippen LogP contribution is 2.21. The van der Waals surface area contributed by atoms with E-state index in [1.165, 1.54) is 4.57 Å². The summed E-state index contributed by atoms with van der Waals surface area (Å²) in [5, 5.41) is 4.19. The number of nitrogens with zero attached hydrogens (tertiary/aromatic N) is 4. The normalized spacial score (nSPS) is 11.4. The van der Waals surface area contributed by atoms with Gasteiger partial charge in [-0.05, 0) is 25.1 Å². The molecule has 9 nitrogen and oxygen atoms in total. The van der Waals surface area contributed by atoms with Gasteiger partial charge < -0.3 is 9.30 Å². The lowest BCUT2D eigenvalue weighted by atomic mass is 10.2. The van der Waals surface area contributed by atoms with Crippen molar-refractivity contribution in [2.45, 2.75) is 13.5 Å². The first-order chi connectivity index (χ1) is 12.5. The van der Waals surface area contributed by atoms with Crippen LogP contribution in [0.2, 0.25) is 0 Å². The molecule has 2 heterocycles. The molecule has 2 aromatic heterocycles. The molecule has 0 spiro atoms. The number of ether oxygens (including phenoxy) is 1. The molecule has 0 bridgehead atoms. The highest BCUT2D eigenvalue weighted by molar-refractivity contribution is 9.10. The summed E-state index contributed by atoms with van der Waals surface area (Å²) in [6.45, 7) is 2.35. The number of halogens is 1. The van der Waals surface area contributed by atoms with E-state index in [1.807, 2.05) is 25.1 Å². The molecular formula is C16H17BrN6O3. The Kier molecular flexibility index (Phi) is 4.94. The van der Waals surface area contributed by atoms with E-state index in [0.29, 0.717) is 29.4 Å². The molecule has 0 fully saturated rings. The van der Waals surface area contributed by atoms with Crippen molar-refractivity contribution in [3.63, 3.8) is 0 Å². The Hall–Kier alpha value is -2.88. The van der Waals surface area contributed by atoms with Gasteiger partial charge in [-0.3, -0.25) is 14.3 Å². The molecule has 0 saturated heterocycles. The molecule has 0 saturated carbocycles. The number of rotatable bonds is 5. The Morgan fingerprint density at radius 3 is 2.88 bits per heavy atom. The maximum absolute atomic E-state index is 12.1. The van der Waals surface area contributed by atoms with Crippen LogP contribution in [0, 0.1) is 0 Å². The van der Waals surface area contributed by atoms with Gasteiger partial charge in [-0.1, -0.05) is 15.9 Å². The summed E-state index contributed by atoms with van der Waals surface area (Å²) in [5.41, 5.74) is 3.19. The SMILES string of the molecule is CCn1c(N/N=C/c2cc(Br)ccc2OC)nc2c1c(=O)[nH]c(=O)n2C. The molecule has 0 unspecified atom stereocenters. The number of nitrogens with one attached hydrogen (secondary N) is 2. The molecule has 0 amide bonds. The monoisotopic (exact) mass is 420 g/mol. The molecule has 136 valence electrons. The Morgan fingerprint density at radius 1 is 1.42 bits per heavy atom. The maximum Gasteiger partial charge on any atom is 0.329 e. The highest BCUT2D eigenvalue weighted by atomic mass is 79.9. The van der Waals surface area contributed by atoms with Crippen LogP contribution in [-0.2, 0) is 13.6 Å². The lowest BCUT2D eigenvalue weighted by Gasteiger charge is -2.06. The molecule has 3 rings (SSSR count). The molecule has 0 aliphatic carbocycles. The van der Waals surface area contributed by atoms with Crippen LogP contribution < -0.4 is 21.4 Å². The van der Waals surface area contributed by atoms with Crippen LogP contribution >= 0.6 is 15.9 Å². The van der Waals surface area contributed by atoms with Crippen molar-refractivity contribution in [3.8, 4) is 5.75 Å². The zero-order chi connectivity index (χ0) is 18.8. The zero-order valence-corrected chi connectivity index (χ0v) is 16.0. The summed E-state index contributed by atoms with van der Waals surface area (Å²) >= 11 is 3.41. The van der Waals surface area contributed by atoms with Gasteiger partial charge in [0.1, 0.15) is 5.75 Å². The standard InChI is InChI=1S/C16H17BrN6O3/c1-4-23-12-13(22(2)16(25)20-14(12)24)19-15(23)21-18-8-9-7-10(17)5-6-11(9)26-3/h5-8H,4H2,1-3H3,(H,19,21)(H,20,24,25)/b18-8+. The van der Waals surface area contributed by atoms with Gasteiger partial charge >= 0.3 is 5.69 Å². The van der Waals surface area contributed by atoms with E-state index in [-0.39, 0.29) is 0 Å². The summed E-state index contributed by atoms with van der Waals surface area (Å²) in [6, 6.07) is 5.55. The van der Waals surface area contributed by atoms with Crippen LogP contribution in [0.1, 0.15) is 12.5 Å². The number of aromatic nitrogens is 4. The molecule has 2 N–H and O–H groups in total. The largest absolute Gasteiger partial charge is 0.496 e. The van der Waals surface area contributed by atoms with Crippen LogP contribution in [0.4, 0.5) is 5.95 Å². The number of hydrazone groups is 1. The molecule has 0 atom stereocenters. The minimum atomic E-state index is -0.517. The second-order valence-corrected chi connectivity index (χ2v) is 6.34. The number of anilines is 1. The molecule has 0 aliphatic rings. The van der Waals surface area contributed by atoms with E-state index >= 15 is 0 Å². The van der Waals surface area contributed by atoms with Crippen LogP contribution in [-0.4, -0.2) is 32.4 Å². The molecular weight excluding hydrogens is 404 g/mol. The minimum absolute atomic E-state index is 0.290.